The van der Waals surface area contributed by atoms with Crippen LogP contribution in [0.5, 0.6) is 5.75 Å². The van der Waals surface area contributed by atoms with Gasteiger partial charge in [-0.05, 0) is 36.5 Å². The summed E-state index contributed by atoms with van der Waals surface area (Å²) in [4.78, 5) is 4.43. The summed E-state index contributed by atoms with van der Waals surface area (Å²) in [6.07, 6.45) is 7.47. The minimum absolute atomic E-state index is 0. The van der Waals surface area contributed by atoms with Crippen LogP contribution in [0.2, 0.25) is 0 Å². The van der Waals surface area contributed by atoms with Crippen molar-refractivity contribution in [3.05, 3.63) is 41.5 Å². The van der Waals surface area contributed by atoms with Gasteiger partial charge in [-0.25, -0.2) is 13.4 Å². The lowest BCUT2D eigenvalue weighted by Crippen LogP contribution is -2.17. The van der Waals surface area contributed by atoms with Crippen molar-refractivity contribution < 1.29 is 13.5 Å². The zero-order chi connectivity index (χ0) is 15.9. The molecule has 1 atom stereocenters. The standard InChI is InChI=1S/C15H19N3O3S.ClH/c1-18-8-13(16-9-18)11-4-3-5-12-10(11)6-7-14(19)15(12)17-22(2,20)21;/h6-9,11,17,19H,3-5H2,1-2H3;1H. The van der Waals surface area contributed by atoms with E-state index >= 15 is 0 Å². The molecule has 2 N–H and O–H groups in total. The summed E-state index contributed by atoms with van der Waals surface area (Å²) in [7, 11) is -1.52. The predicted molar refractivity (Wildman–Crippen MR) is 91.8 cm³/mol. The van der Waals surface area contributed by atoms with E-state index in [2.05, 4.69) is 9.71 Å². The Morgan fingerprint density at radius 2 is 2.13 bits per heavy atom. The summed E-state index contributed by atoms with van der Waals surface area (Å²) in [5, 5.41) is 10.0. The lowest BCUT2D eigenvalue weighted by Gasteiger charge is -2.27. The third-order valence-corrected chi connectivity index (χ3v) is 4.57. The lowest BCUT2D eigenvalue weighted by molar-refractivity contribution is 0.475. The Kier molecular flexibility index (Phi) is 4.91. The monoisotopic (exact) mass is 357 g/mol. The van der Waals surface area contributed by atoms with Gasteiger partial charge in [0.05, 0.1) is 24.0 Å². The maximum atomic E-state index is 11.6. The molecule has 1 aromatic carbocycles. The number of aromatic nitrogens is 2. The van der Waals surface area contributed by atoms with E-state index in [1.165, 1.54) is 0 Å². The van der Waals surface area contributed by atoms with Crippen LogP contribution in [-0.4, -0.2) is 29.3 Å². The fraction of sp³-hybridized carbons (Fsp3) is 0.400. The topological polar surface area (TPSA) is 84.2 Å². The highest BCUT2D eigenvalue weighted by molar-refractivity contribution is 7.92. The predicted octanol–water partition coefficient (Wildman–Crippen LogP) is 2.39. The van der Waals surface area contributed by atoms with Crippen LogP contribution in [0, 0.1) is 0 Å². The Bertz CT molecular complexity index is 817. The normalized spacial score (nSPS) is 17.2. The molecule has 1 aromatic heterocycles. The summed E-state index contributed by atoms with van der Waals surface area (Å²) in [5.41, 5.74) is 3.18. The van der Waals surface area contributed by atoms with Gasteiger partial charge < -0.3 is 9.67 Å². The van der Waals surface area contributed by atoms with Gasteiger partial charge in [0.2, 0.25) is 10.0 Å². The van der Waals surface area contributed by atoms with Crippen molar-refractivity contribution in [1.29, 1.82) is 0 Å². The molecule has 1 aliphatic rings. The van der Waals surface area contributed by atoms with Crippen LogP contribution in [0.1, 0.15) is 35.6 Å². The first-order valence-corrected chi connectivity index (χ1v) is 9.04. The number of aryl methyl sites for hydroxylation is 1. The number of phenols is 1. The van der Waals surface area contributed by atoms with E-state index in [9.17, 15) is 13.5 Å². The molecule has 0 saturated carbocycles. The number of nitrogens with zero attached hydrogens (tertiary/aromatic N) is 2. The molecule has 1 unspecified atom stereocenters. The van der Waals surface area contributed by atoms with Crippen LogP contribution >= 0.6 is 12.4 Å². The van der Waals surface area contributed by atoms with E-state index in [1.54, 1.807) is 12.4 Å². The third kappa shape index (κ3) is 3.61. The smallest absolute Gasteiger partial charge is 0.229 e. The maximum absolute atomic E-state index is 11.6. The molecule has 6 nitrogen and oxygen atoms in total. The van der Waals surface area contributed by atoms with Crippen molar-refractivity contribution in [3.8, 4) is 5.75 Å². The number of phenolic OH excluding ortho intramolecular Hbond substituents is 1. The molecule has 23 heavy (non-hydrogen) atoms. The molecule has 0 bridgehead atoms. The first-order chi connectivity index (χ1) is 10.3. The zero-order valence-corrected chi connectivity index (χ0v) is 14.6. The molecular formula is C15H20ClN3O3S. The first-order valence-electron chi connectivity index (χ1n) is 7.15. The van der Waals surface area contributed by atoms with Gasteiger partial charge in [0.15, 0.2) is 0 Å². The quantitative estimate of drug-likeness (QED) is 0.826. The van der Waals surface area contributed by atoms with E-state index in [0.717, 1.165) is 42.3 Å². The summed E-state index contributed by atoms with van der Waals surface area (Å²) < 4.78 is 27.5. The first kappa shape index (κ1) is 17.6. The van der Waals surface area contributed by atoms with Gasteiger partial charge in [-0.1, -0.05) is 6.07 Å². The van der Waals surface area contributed by atoms with Gasteiger partial charge in [-0.2, -0.15) is 0 Å². The molecule has 0 amide bonds. The summed E-state index contributed by atoms with van der Waals surface area (Å²) in [5.74, 6) is 0.0940. The van der Waals surface area contributed by atoms with E-state index < -0.39 is 10.0 Å². The fourth-order valence-corrected chi connectivity index (χ4v) is 3.70. The largest absolute Gasteiger partial charge is 0.506 e. The van der Waals surface area contributed by atoms with E-state index in [1.807, 2.05) is 23.9 Å². The number of sulfonamides is 1. The molecule has 0 aliphatic heterocycles. The molecule has 0 fully saturated rings. The van der Waals surface area contributed by atoms with Gasteiger partial charge in [-0.3, -0.25) is 4.72 Å². The van der Waals surface area contributed by atoms with Crippen LogP contribution in [0.25, 0.3) is 0 Å². The number of imidazole rings is 1. The molecule has 0 saturated heterocycles. The van der Waals surface area contributed by atoms with Gasteiger partial charge in [0.25, 0.3) is 0 Å². The van der Waals surface area contributed by atoms with Gasteiger partial charge in [0, 0.05) is 19.2 Å². The Morgan fingerprint density at radius 3 is 2.74 bits per heavy atom. The molecule has 1 heterocycles. The minimum Gasteiger partial charge on any atom is -0.506 e. The number of hydrogen-bond donors (Lipinski definition) is 2. The van der Waals surface area contributed by atoms with Crippen LogP contribution in [0.4, 0.5) is 5.69 Å². The molecule has 1 aliphatic carbocycles. The Morgan fingerprint density at radius 1 is 1.39 bits per heavy atom. The van der Waals surface area contributed by atoms with Crippen molar-refractivity contribution in [2.75, 3.05) is 11.0 Å². The van der Waals surface area contributed by atoms with Gasteiger partial charge in [-0.15, -0.1) is 12.4 Å². The van der Waals surface area contributed by atoms with Gasteiger partial charge >= 0.3 is 0 Å². The Hall–Kier alpha value is -1.73. The van der Waals surface area contributed by atoms with Crippen molar-refractivity contribution in [1.82, 2.24) is 9.55 Å². The highest BCUT2D eigenvalue weighted by Crippen LogP contribution is 2.42. The van der Waals surface area contributed by atoms with Crippen molar-refractivity contribution in [3.63, 3.8) is 0 Å². The Labute approximate surface area is 142 Å². The average Bonchev–Trinajstić information content (AvgIpc) is 2.86. The molecule has 0 radical (unpaired) electrons. The maximum Gasteiger partial charge on any atom is 0.229 e. The molecule has 0 spiro atoms. The van der Waals surface area contributed by atoms with Crippen LogP contribution in [-0.2, 0) is 23.5 Å². The van der Waals surface area contributed by atoms with Gasteiger partial charge in [0.1, 0.15) is 5.75 Å². The fourth-order valence-electron chi connectivity index (χ4n) is 3.11. The summed E-state index contributed by atoms with van der Waals surface area (Å²) in [6.45, 7) is 0. The average molecular weight is 358 g/mol. The molecular weight excluding hydrogens is 338 g/mol. The summed E-state index contributed by atoms with van der Waals surface area (Å²) in [6, 6.07) is 3.42. The summed E-state index contributed by atoms with van der Waals surface area (Å²) >= 11 is 0. The van der Waals surface area contributed by atoms with Crippen LogP contribution < -0.4 is 4.72 Å². The second-order valence-electron chi connectivity index (χ2n) is 5.81. The number of nitrogens with one attached hydrogen (secondary N) is 1. The number of aromatic hydroxyl groups is 1. The van der Waals surface area contributed by atoms with Crippen molar-refractivity contribution >= 4 is 28.1 Å². The van der Waals surface area contributed by atoms with Crippen molar-refractivity contribution in [2.24, 2.45) is 7.05 Å². The minimum atomic E-state index is -3.44. The lowest BCUT2D eigenvalue weighted by atomic mass is 9.80. The van der Waals surface area contributed by atoms with Crippen molar-refractivity contribution in [2.45, 2.75) is 25.2 Å². The number of hydrogen-bond acceptors (Lipinski definition) is 4. The molecule has 8 heteroatoms. The molecule has 2 aromatic rings. The highest BCUT2D eigenvalue weighted by Gasteiger charge is 2.27. The second kappa shape index (κ2) is 6.41. The zero-order valence-electron chi connectivity index (χ0n) is 13.0. The van der Waals surface area contributed by atoms with Crippen LogP contribution in [0.15, 0.2) is 24.7 Å². The number of fused-ring (bicyclic) bond motifs is 1. The third-order valence-electron chi connectivity index (χ3n) is 3.99. The number of benzene rings is 1. The van der Waals surface area contributed by atoms with E-state index in [0.29, 0.717) is 5.69 Å². The second-order valence-corrected chi connectivity index (χ2v) is 7.56. The Balaban J connectivity index is 0.00000192. The molecule has 3 rings (SSSR count). The number of halogens is 1. The number of anilines is 1. The SMILES string of the molecule is Cl.Cn1cnc(C2CCCc3c2ccc(O)c3NS(C)(=O)=O)c1. The van der Waals surface area contributed by atoms with E-state index in [4.69, 9.17) is 0 Å². The van der Waals surface area contributed by atoms with Crippen LogP contribution in [0.3, 0.4) is 0 Å². The molecule has 126 valence electrons. The number of rotatable bonds is 3. The highest BCUT2D eigenvalue weighted by atomic mass is 35.5. The van der Waals surface area contributed by atoms with E-state index in [-0.39, 0.29) is 24.1 Å².